The minimum Gasteiger partial charge on any atom is -0.507 e. The molecular weight excluding hydrogens is 736 g/mol. The number of methoxy groups -OCH3 is 1. The number of phenolic OH excluding ortho intramolecular Hbond substituents is 2. The van der Waals surface area contributed by atoms with Gasteiger partial charge in [-0.15, -0.1) is 0 Å². The van der Waals surface area contributed by atoms with Crippen LogP contribution in [0.4, 0.5) is 0 Å². The van der Waals surface area contributed by atoms with Gasteiger partial charge in [-0.25, -0.2) is 0 Å². The molecule has 0 saturated carbocycles. The number of benzene rings is 2. The molecule has 0 aromatic heterocycles. The van der Waals surface area contributed by atoms with E-state index in [1.807, 2.05) is 0 Å². The van der Waals surface area contributed by atoms with Gasteiger partial charge in [0, 0.05) is 24.5 Å². The molecule has 4 aliphatic rings. The Morgan fingerprint density at radius 1 is 0.782 bits per heavy atom. The maximum Gasteiger partial charge on any atom is 0.229 e. The van der Waals surface area contributed by atoms with Gasteiger partial charge in [0.15, 0.2) is 23.6 Å². The fourth-order valence-corrected chi connectivity index (χ4v) is 7.14. The van der Waals surface area contributed by atoms with Crippen molar-refractivity contribution in [1.82, 2.24) is 0 Å². The van der Waals surface area contributed by atoms with E-state index in [1.165, 1.54) is 32.2 Å². The normalized spacial score (nSPS) is 37.9. The summed E-state index contributed by atoms with van der Waals surface area (Å²) in [7, 11) is 1.39. The van der Waals surface area contributed by atoms with Crippen LogP contribution in [0.15, 0.2) is 30.3 Å². The second-order valence-electron chi connectivity index (χ2n) is 14.1. The highest BCUT2D eigenvalue weighted by atomic mass is 16.7. The summed E-state index contributed by atoms with van der Waals surface area (Å²) in [6, 6.07) is 6.91. The van der Waals surface area contributed by atoms with E-state index in [0.29, 0.717) is 5.56 Å². The molecule has 0 radical (unpaired) electrons. The molecule has 3 fully saturated rings. The summed E-state index contributed by atoms with van der Waals surface area (Å²) in [5.41, 5.74) is 0.339. The molecule has 0 amide bonds. The molecule has 306 valence electrons. The Morgan fingerprint density at radius 2 is 1.53 bits per heavy atom. The predicted molar refractivity (Wildman–Crippen MR) is 181 cm³/mol. The number of ether oxygens (including phenoxy) is 8. The summed E-state index contributed by atoms with van der Waals surface area (Å²) < 4.78 is 45.8. The van der Waals surface area contributed by atoms with Crippen LogP contribution in [0.25, 0.3) is 0 Å². The van der Waals surface area contributed by atoms with Crippen molar-refractivity contribution >= 4 is 5.78 Å². The molecule has 9 unspecified atom stereocenters. The first-order valence-electron chi connectivity index (χ1n) is 17.8. The molecule has 19 heteroatoms. The Labute approximate surface area is 314 Å². The molecule has 10 N–H and O–H groups in total. The number of aliphatic hydroxyl groups excluding tert-OH is 8. The minimum atomic E-state index is -1.74. The molecule has 3 saturated heterocycles. The fraction of sp³-hybridized carbons (Fsp3) is 0.639. The van der Waals surface area contributed by atoms with Gasteiger partial charge in [0.25, 0.3) is 0 Å². The number of rotatable bonds is 12. The standard InChI is InChI=1S/C36H48O19/c1-14-29(42)32(45)34(47)35(51-14)50-13-27-18(12-49-11-17-7-22(41)31(44)26(10-37)52-17)30(43)33(46)36(55-27)53-16-6-20(39)28-21(40)9-24(54-25(28)8-16)15-3-4-23(48-2)19(38)5-15/h3-6,8,14,17-18,22,24,26-27,29-39,41-47H,7,9-13H2,1-2H3/t14?,17-,18+,22?,24?,26?,27?,29-,30?,31-,32?,33?,34?,35+,36+/m0/s1. The Morgan fingerprint density at radius 3 is 2.24 bits per heavy atom. The third kappa shape index (κ3) is 8.79. The summed E-state index contributed by atoms with van der Waals surface area (Å²) >= 11 is 0. The second kappa shape index (κ2) is 17.4. The van der Waals surface area contributed by atoms with E-state index in [-0.39, 0.29) is 54.6 Å². The summed E-state index contributed by atoms with van der Waals surface area (Å²) in [4.78, 5) is 13.1. The van der Waals surface area contributed by atoms with Crippen molar-refractivity contribution in [2.24, 2.45) is 5.92 Å². The van der Waals surface area contributed by atoms with Gasteiger partial charge in [-0.2, -0.15) is 0 Å². The van der Waals surface area contributed by atoms with Crippen LogP contribution in [0.2, 0.25) is 0 Å². The highest BCUT2D eigenvalue weighted by Gasteiger charge is 2.48. The van der Waals surface area contributed by atoms with Crippen LogP contribution in [0.1, 0.15) is 41.8 Å². The first-order chi connectivity index (χ1) is 26.2. The highest BCUT2D eigenvalue weighted by Crippen LogP contribution is 2.44. The molecule has 6 rings (SSSR count). The van der Waals surface area contributed by atoms with E-state index in [0.717, 1.165) is 6.07 Å². The van der Waals surface area contributed by atoms with Crippen molar-refractivity contribution in [3.63, 3.8) is 0 Å². The van der Waals surface area contributed by atoms with Crippen LogP contribution in [0.5, 0.6) is 28.7 Å². The van der Waals surface area contributed by atoms with Gasteiger partial charge >= 0.3 is 0 Å². The topological polar surface area (TPSA) is 293 Å². The number of hydrogen-bond acceptors (Lipinski definition) is 19. The lowest BCUT2D eigenvalue weighted by molar-refractivity contribution is -0.316. The van der Waals surface area contributed by atoms with Crippen molar-refractivity contribution in [1.29, 1.82) is 0 Å². The fourth-order valence-electron chi connectivity index (χ4n) is 7.14. The SMILES string of the molecule is COc1ccc(C2CC(=O)c3c(O)cc(O[C@@H]4OC(CO[C@@H]5OC(C)[C@H](O)C(O)C5O)[C@@H](COC[C@@H]5CC(O)[C@H](O)C(CO)O5)C(O)C4O)cc3O2)cc1O. The number of Topliss-reactive ketones (excluding diaryl/α,β-unsaturated/α-hetero) is 1. The van der Waals surface area contributed by atoms with E-state index in [1.54, 1.807) is 6.07 Å². The number of fused-ring (bicyclic) bond motifs is 1. The number of aliphatic hydroxyl groups is 8. The average Bonchev–Trinajstić information content (AvgIpc) is 3.15. The molecule has 19 nitrogen and oxygen atoms in total. The zero-order valence-corrected chi connectivity index (χ0v) is 29.9. The Kier molecular flexibility index (Phi) is 13.0. The molecule has 0 bridgehead atoms. The molecule has 4 heterocycles. The quantitative estimate of drug-likeness (QED) is 0.111. The smallest absolute Gasteiger partial charge is 0.229 e. The Hall–Kier alpha value is -3.41. The first-order valence-corrected chi connectivity index (χ1v) is 17.8. The Balaban J connectivity index is 1.18. The van der Waals surface area contributed by atoms with Crippen molar-refractivity contribution in [2.75, 3.05) is 33.5 Å². The summed E-state index contributed by atoms with van der Waals surface area (Å²) in [6.07, 6.45) is -18.5. The monoisotopic (exact) mass is 784 g/mol. The Bertz CT molecular complexity index is 1630. The van der Waals surface area contributed by atoms with Crippen LogP contribution >= 0.6 is 0 Å². The van der Waals surface area contributed by atoms with Gasteiger partial charge < -0.3 is 89.0 Å². The third-order valence-electron chi connectivity index (χ3n) is 10.3. The number of carbonyl (C=O) groups excluding carboxylic acids is 1. The number of carbonyl (C=O) groups is 1. The molecule has 0 spiro atoms. The maximum absolute atomic E-state index is 13.1. The maximum atomic E-state index is 13.1. The number of ketones is 1. The van der Waals surface area contributed by atoms with E-state index >= 15 is 0 Å². The molecule has 2 aromatic carbocycles. The van der Waals surface area contributed by atoms with Crippen LogP contribution in [-0.4, -0.2) is 170 Å². The second-order valence-corrected chi connectivity index (χ2v) is 14.1. The lowest BCUT2D eigenvalue weighted by atomic mass is 9.89. The summed E-state index contributed by atoms with van der Waals surface area (Å²) in [5, 5.41) is 104. The predicted octanol–water partition coefficient (Wildman–Crippen LogP) is -2.01. The molecular formula is C36H48O19. The number of phenols is 2. The van der Waals surface area contributed by atoms with Crippen molar-refractivity contribution in [2.45, 2.75) is 106 Å². The number of hydrogen-bond donors (Lipinski definition) is 10. The van der Waals surface area contributed by atoms with Crippen molar-refractivity contribution in [3.8, 4) is 28.7 Å². The van der Waals surface area contributed by atoms with Gasteiger partial charge in [-0.1, -0.05) is 6.07 Å². The summed E-state index contributed by atoms with van der Waals surface area (Å²) in [6.45, 7) is 0.0472. The van der Waals surface area contributed by atoms with E-state index in [4.69, 9.17) is 37.9 Å². The van der Waals surface area contributed by atoms with Gasteiger partial charge in [-0.3, -0.25) is 4.79 Å². The zero-order chi connectivity index (χ0) is 39.7. The van der Waals surface area contributed by atoms with Gasteiger partial charge in [-0.05, 0) is 24.6 Å². The lowest BCUT2D eigenvalue weighted by Gasteiger charge is -2.44. The molecule has 4 aliphatic heterocycles. The van der Waals surface area contributed by atoms with Crippen molar-refractivity contribution in [3.05, 3.63) is 41.5 Å². The van der Waals surface area contributed by atoms with Gasteiger partial charge in [0.2, 0.25) is 6.29 Å². The van der Waals surface area contributed by atoms with E-state index < -0.39 is 116 Å². The van der Waals surface area contributed by atoms with Crippen LogP contribution in [0.3, 0.4) is 0 Å². The van der Waals surface area contributed by atoms with E-state index in [2.05, 4.69) is 0 Å². The largest absolute Gasteiger partial charge is 0.507 e. The van der Waals surface area contributed by atoms with Crippen LogP contribution < -0.4 is 14.2 Å². The zero-order valence-electron chi connectivity index (χ0n) is 29.9. The van der Waals surface area contributed by atoms with Gasteiger partial charge in [0.1, 0.15) is 65.5 Å². The van der Waals surface area contributed by atoms with E-state index in [9.17, 15) is 55.9 Å². The first kappa shape index (κ1) is 41.2. The van der Waals surface area contributed by atoms with Crippen LogP contribution in [0, 0.1) is 5.92 Å². The third-order valence-corrected chi connectivity index (χ3v) is 10.3. The molecule has 0 aliphatic carbocycles. The summed E-state index contributed by atoms with van der Waals surface area (Å²) in [5.74, 6) is -2.13. The van der Waals surface area contributed by atoms with Crippen molar-refractivity contribution < 1.29 is 93.8 Å². The highest BCUT2D eigenvalue weighted by molar-refractivity contribution is 6.02. The molecule has 15 atom stereocenters. The lowest BCUT2D eigenvalue weighted by Crippen LogP contribution is -2.60. The van der Waals surface area contributed by atoms with Gasteiger partial charge in [0.05, 0.1) is 70.5 Å². The molecule has 2 aromatic rings. The minimum absolute atomic E-state index is 0.0119. The average molecular weight is 785 g/mol. The molecule has 55 heavy (non-hydrogen) atoms. The number of aromatic hydroxyl groups is 2. The van der Waals surface area contributed by atoms with Crippen LogP contribution in [-0.2, 0) is 23.7 Å².